The summed E-state index contributed by atoms with van der Waals surface area (Å²) in [7, 11) is 0. The predicted octanol–water partition coefficient (Wildman–Crippen LogP) is 3.40. The first-order chi connectivity index (χ1) is 9.47. The van der Waals surface area contributed by atoms with Crippen LogP contribution < -0.4 is 4.74 Å². The van der Waals surface area contributed by atoms with Crippen LogP contribution in [0.5, 0.6) is 11.8 Å². The van der Waals surface area contributed by atoms with E-state index in [9.17, 15) is 4.79 Å². The summed E-state index contributed by atoms with van der Waals surface area (Å²) in [4.78, 5) is 18.7. The Balaban J connectivity index is 2.32. The molecule has 1 aromatic carbocycles. The molecule has 0 saturated heterocycles. The number of hydrogen-bond acceptors (Lipinski definition) is 4. The van der Waals surface area contributed by atoms with Crippen molar-refractivity contribution in [2.45, 2.75) is 26.7 Å². The van der Waals surface area contributed by atoms with Crippen molar-refractivity contribution in [2.75, 3.05) is 0 Å². The van der Waals surface area contributed by atoms with Gasteiger partial charge in [0.15, 0.2) is 5.69 Å². The predicted molar refractivity (Wildman–Crippen MR) is 74.3 cm³/mol. The normalized spacial score (nSPS) is 10.6. The first-order valence-corrected chi connectivity index (χ1v) is 6.32. The van der Waals surface area contributed by atoms with Gasteiger partial charge in [-0.05, 0) is 36.1 Å². The van der Waals surface area contributed by atoms with E-state index in [-0.39, 0.29) is 11.7 Å². The smallest absolute Gasteiger partial charge is 0.354 e. The molecule has 0 bridgehead atoms. The van der Waals surface area contributed by atoms with Crippen molar-refractivity contribution in [3.63, 3.8) is 0 Å². The van der Waals surface area contributed by atoms with Gasteiger partial charge in [0.2, 0.25) is 0 Å². The summed E-state index contributed by atoms with van der Waals surface area (Å²) in [6.07, 6.45) is 1.37. The van der Waals surface area contributed by atoms with Crippen molar-refractivity contribution in [1.29, 1.82) is 0 Å². The van der Waals surface area contributed by atoms with Crippen LogP contribution >= 0.6 is 0 Å². The zero-order valence-electron chi connectivity index (χ0n) is 11.6. The second kappa shape index (κ2) is 5.69. The quantitative estimate of drug-likeness (QED) is 0.923. The minimum atomic E-state index is -1.11. The SMILES string of the molecule is Cc1ccc(C(C)C)cc1Oc1nccc(C(=O)O)n1. The first kappa shape index (κ1) is 14.0. The highest BCUT2D eigenvalue weighted by atomic mass is 16.5. The lowest BCUT2D eigenvalue weighted by atomic mass is 10.0. The maximum atomic E-state index is 10.9. The van der Waals surface area contributed by atoms with Gasteiger partial charge in [0.1, 0.15) is 5.75 Å². The van der Waals surface area contributed by atoms with E-state index in [2.05, 4.69) is 23.8 Å². The van der Waals surface area contributed by atoms with Crippen LogP contribution in [-0.2, 0) is 0 Å². The Labute approximate surface area is 117 Å². The molecule has 1 N–H and O–H groups in total. The molecular weight excluding hydrogens is 256 g/mol. The second-order valence-corrected chi connectivity index (χ2v) is 4.81. The molecule has 1 heterocycles. The van der Waals surface area contributed by atoms with Crippen LogP contribution in [0.25, 0.3) is 0 Å². The molecule has 104 valence electrons. The highest BCUT2D eigenvalue weighted by molar-refractivity contribution is 5.85. The van der Waals surface area contributed by atoms with E-state index in [4.69, 9.17) is 9.84 Å². The topological polar surface area (TPSA) is 72.3 Å². The Morgan fingerprint density at radius 1 is 1.30 bits per heavy atom. The summed E-state index contributed by atoms with van der Waals surface area (Å²) < 4.78 is 5.61. The second-order valence-electron chi connectivity index (χ2n) is 4.81. The van der Waals surface area contributed by atoms with Crippen molar-refractivity contribution in [3.8, 4) is 11.8 Å². The molecule has 5 heteroatoms. The maximum Gasteiger partial charge on any atom is 0.354 e. The van der Waals surface area contributed by atoms with Crippen LogP contribution in [0.2, 0.25) is 0 Å². The molecule has 0 amide bonds. The molecule has 0 spiro atoms. The van der Waals surface area contributed by atoms with E-state index in [0.717, 1.165) is 11.1 Å². The van der Waals surface area contributed by atoms with Crippen LogP contribution in [0.1, 0.15) is 41.4 Å². The molecular formula is C15H16N2O3. The zero-order chi connectivity index (χ0) is 14.7. The van der Waals surface area contributed by atoms with Crippen molar-refractivity contribution >= 4 is 5.97 Å². The number of ether oxygens (including phenoxy) is 1. The molecule has 0 radical (unpaired) electrons. The minimum Gasteiger partial charge on any atom is -0.477 e. The molecule has 0 atom stereocenters. The Bertz CT molecular complexity index is 639. The van der Waals surface area contributed by atoms with E-state index in [0.29, 0.717) is 11.7 Å². The van der Waals surface area contributed by atoms with Gasteiger partial charge < -0.3 is 9.84 Å². The van der Waals surface area contributed by atoms with E-state index >= 15 is 0 Å². The largest absolute Gasteiger partial charge is 0.477 e. The number of carboxylic acids is 1. The standard InChI is InChI=1S/C15H16N2O3/c1-9(2)11-5-4-10(3)13(8-11)20-15-16-7-6-12(17-15)14(18)19/h4-9H,1-3H3,(H,18,19). The number of benzene rings is 1. The number of aromatic carboxylic acids is 1. The fraction of sp³-hybridized carbons (Fsp3) is 0.267. The lowest BCUT2D eigenvalue weighted by Crippen LogP contribution is -2.03. The van der Waals surface area contributed by atoms with E-state index < -0.39 is 5.97 Å². The van der Waals surface area contributed by atoms with E-state index in [1.54, 1.807) is 0 Å². The summed E-state index contributed by atoms with van der Waals surface area (Å²) >= 11 is 0. The molecule has 0 saturated carbocycles. The van der Waals surface area contributed by atoms with Crippen LogP contribution in [0.4, 0.5) is 0 Å². The van der Waals surface area contributed by atoms with Gasteiger partial charge in [-0.25, -0.2) is 9.78 Å². The summed E-state index contributed by atoms with van der Waals surface area (Å²) in [5.74, 6) is -0.0899. The number of nitrogens with zero attached hydrogens (tertiary/aromatic N) is 2. The van der Waals surface area contributed by atoms with Gasteiger partial charge in [0, 0.05) is 6.20 Å². The number of carbonyl (C=O) groups is 1. The van der Waals surface area contributed by atoms with Crippen molar-refractivity contribution in [2.24, 2.45) is 0 Å². The van der Waals surface area contributed by atoms with Crippen molar-refractivity contribution < 1.29 is 14.6 Å². The highest BCUT2D eigenvalue weighted by Crippen LogP contribution is 2.27. The molecule has 2 rings (SSSR count). The molecule has 0 aliphatic rings. The molecule has 0 aliphatic heterocycles. The number of hydrogen-bond donors (Lipinski definition) is 1. The van der Waals surface area contributed by atoms with Gasteiger partial charge in [-0.1, -0.05) is 26.0 Å². The average molecular weight is 272 g/mol. The average Bonchev–Trinajstić information content (AvgIpc) is 2.41. The Morgan fingerprint density at radius 3 is 2.70 bits per heavy atom. The molecule has 0 fully saturated rings. The summed E-state index contributed by atoms with van der Waals surface area (Å²) in [6, 6.07) is 7.30. The maximum absolute atomic E-state index is 10.9. The first-order valence-electron chi connectivity index (χ1n) is 6.32. The van der Waals surface area contributed by atoms with Crippen LogP contribution in [0, 0.1) is 6.92 Å². The third-order valence-electron chi connectivity index (χ3n) is 2.93. The van der Waals surface area contributed by atoms with Gasteiger partial charge in [-0.15, -0.1) is 0 Å². The summed E-state index contributed by atoms with van der Waals surface area (Å²) in [6.45, 7) is 6.10. The van der Waals surface area contributed by atoms with Crippen LogP contribution in [0.3, 0.4) is 0 Å². The third-order valence-corrected chi connectivity index (χ3v) is 2.93. The van der Waals surface area contributed by atoms with Gasteiger partial charge >= 0.3 is 12.0 Å². The summed E-state index contributed by atoms with van der Waals surface area (Å²) in [5.41, 5.74) is 1.99. The van der Waals surface area contributed by atoms with Crippen LogP contribution in [-0.4, -0.2) is 21.0 Å². The number of carboxylic acid groups (broad SMARTS) is 1. The Morgan fingerprint density at radius 2 is 2.05 bits per heavy atom. The lowest BCUT2D eigenvalue weighted by molar-refractivity contribution is 0.0689. The molecule has 20 heavy (non-hydrogen) atoms. The zero-order valence-corrected chi connectivity index (χ0v) is 11.6. The molecule has 0 aliphatic carbocycles. The van der Waals surface area contributed by atoms with Crippen LogP contribution in [0.15, 0.2) is 30.5 Å². The fourth-order valence-electron chi connectivity index (χ4n) is 1.69. The minimum absolute atomic E-state index is 0.0360. The highest BCUT2D eigenvalue weighted by Gasteiger charge is 2.10. The molecule has 2 aromatic rings. The fourth-order valence-corrected chi connectivity index (χ4v) is 1.69. The lowest BCUT2D eigenvalue weighted by Gasteiger charge is -2.11. The van der Waals surface area contributed by atoms with E-state index in [1.807, 2.05) is 25.1 Å². The van der Waals surface area contributed by atoms with Gasteiger partial charge in [0.05, 0.1) is 0 Å². The number of aromatic nitrogens is 2. The van der Waals surface area contributed by atoms with Gasteiger partial charge in [-0.2, -0.15) is 4.98 Å². The third kappa shape index (κ3) is 3.12. The summed E-state index contributed by atoms with van der Waals surface area (Å²) in [5, 5.41) is 8.90. The van der Waals surface area contributed by atoms with Gasteiger partial charge in [0.25, 0.3) is 0 Å². The monoisotopic (exact) mass is 272 g/mol. The van der Waals surface area contributed by atoms with Crippen molar-refractivity contribution in [3.05, 3.63) is 47.3 Å². The Kier molecular flexibility index (Phi) is 3.98. The van der Waals surface area contributed by atoms with Crippen molar-refractivity contribution in [1.82, 2.24) is 9.97 Å². The molecule has 0 unspecified atom stereocenters. The van der Waals surface area contributed by atoms with Gasteiger partial charge in [-0.3, -0.25) is 0 Å². The van der Waals surface area contributed by atoms with E-state index in [1.165, 1.54) is 12.3 Å². The molecule has 5 nitrogen and oxygen atoms in total. The molecule has 1 aromatic heterocycles. The number of aryl methyl sites for hydroxylation is 1. The number of rotatable bonds is 4. The Hall–Kier alpha value is -2.43.